The van der Waals surface area contributed by atoms with E-state index in [9.17, 15) is 0 Å². The molecule has 5 aromatic rings. The van der Waals surface area contributed by atoms with Crippen LogP contribution in [0.15, 0.2) is 65.6 Å². The smallest absolute Gasteiger partial charge is 0.116 e. The molecule has 6 rings (SSSR count). The van der Waals surface area contributed by atoms with Crippen LogP contribution < -0.4 is 5.32 Å². The number of furan rings is 1. The van der Waals surface area contributed by atoms with E-state index in [4.69, 9.17) is 4.42 Å². The van der Waals surface area contributed by atoms with Crippen LogP contribution in [0.3, 0.4) is 0 Å². The fraction of sp³-hybridized carbons (Fsp3) is 0.130. The highest BCUT2D eigenvalue weighted by molar-refractivity contribution is 6.01. The van der Waals surface area contributed by atoms with E-state index in [-0.39, 0.29) is 0 Å². The Labute approximate surface area is 166 Å². The zero-order valence-electron chi connectivity index (χ0n) is 15.7. The third-order valence-corrected chi connectivity index (χ3v) is 5.59. The van der Waals surface area contributed by atoms with Crippen LogP contribution in [-0.2, 0) is 0 Å². The van der Waals surface area contributed by atoms with Gasteiger partial charge in [0.1, 0.15) is 5.69 Å². The van der Waals surface area contributed by atoms with Gasteiger partial charge in [-0.25, -0.2) is 0 Å². The van der Waals surface area contributed by atoms with Crippen molar-refractivity contribution in [3.63, 3.8) is 0 Å². The number of hydrogen-bond donors (Lipinski definition) is 3. The Morgan fingerprint density at radius 2 is 2.03 bits per heavy atom. The predicted octanol–water partition coefficient (Wildman–Crippen LogP) is 4.74. The van der Waals surface area contributed by atoms with Crippen molar-refractivity contribution in [1.82, 2.24) is 25.5 Å². The van der Waals surface area contributed by atoms with Gasteiger partial charge < -0.3 is 14.7 Å². The molecular formula is C23H19N5O. The van der Waals surface area contributed by atoms with Gasteiger partial charge in [0, 0.05) is 28.4 Å². The maximum absolute atomic E-state index is 5.28. The number of fused-ring (bicyclic) bond motifs is 2. The largest absolute Gasteiger partial charge is 0.472 e. The molecule has 0 unspecified atom stereocenters. The summed E-state index contributed by atoms with van der Waals surface area (Å²) in [6.07, 6.45) is 8.57. The van der Waals surface area contributed by atoms with Crippen LogP contribution in [-0.4, -0.2) is 33.3 Å². The maximum atomic E-state index is 5.28. The van der Waals surface area contributed by atoms with Crippen molar-refractivity contribution in [2.45, 2.75) is 6.42 Å². The van der Waals surface area contributed by atoms with Gasteiger partial charge in [0.15, 0.2) is 0 Å². The van der Waals surface area contributed by atoms with Crippen LogP contribution in [0.25, 0.3) is 49.9 Å². The molecule has 0 radical (unpaired) electrons. The average Bonchev–Trinajstić information content (AvgIpc) is 3.52. The van der Waals surface area contributed by atoms with Gasteiger partial charge in [0.2, 0.25) is 0 Å². The van der Waals surface area contributed by atoms with E-state index in [1.54, 1.807) is 12.5 Å². The Morgan fingerprint density at radius 3 is 2.90 bits per heavy atom. The van der Waals surface area contributed by atoms with Gasteiger partial charge in [-0.3, -0.25) is 10.1 Å². The molecule has 3 N–H and O–H groups in total. The molecule has 4 aromatic heterocycles. The van der Waals surface area contributed by atoms with Gasteiger partial charge in [0.25, 0.3) is 0 Å². The first-order valence-electron chi connectivity index (χ1n) is 9.76. The summed E-state index contributed by atoms with van der Waals surface area (Å²) >= 11 is 0. The molecule has 0 amide bonds. The highest BCUT2D eigenvalue weighted by Gasteiger charge is 2.16. The van der Waals surface area contributed by atoms with Crippen LogP contribution in [0, 0.1) is 0 Å². The topological polar surface area (TPSA) is 82.5 Å². The summed E-state index contributed by atoms with van der Waals surface area (Å²) in [7, 11) is 0. The minimum atomic E-state index is 0.895. The van der Waals surface area contributed by atoms with Crippen LogP contribution in [0.5, 0.6) is 0 Å². The van der Waals surface area contributed by atoms with Gasteiger partial charge in [0.05, 0.1) is 35.6 Å². The van der Waals surface area contributed by atoms with E-state index in [1.165, 1.54) is 5.57 Å². The van der Waals surface area contributed by atoms with Crippen molar-refractivity contribution >= 4 is 27.4 Å². The lowest BCUT2D eigenvalue weighted by molar-refractivity contribution is 0.568. The molecule has 1 aromatic carbocycles. The highest BCUT2D eigenvalue weighted by atomic mass is 16.3. The third-order valence-electron chi connectivity index (χ3n) is 5.59. The zero-order valence-corrected chi connectivity index (χ0v) is 15.7. The molecule has 0 saturated carbocycles. The lowest BCUT2D eigenvalue weighted by Gasteiger charge is -2.13. The number of aromatic nitrogens is 4. The first-order chi connectivity index (χ1) is 14.4. The fourth-order valence-corrected chi connectivity index (χ4v) is 4.11. The lowest BCUT2D eigenvalue weighted by atomic mass is 10.0. The number of nitrogens with zero attached hydrogens (tertiary/aromatic N) is 2. The molecule has 0 saturated heterocycles. The van der Waals surface area contributed by atoms with Gasteiger partial charge in [-0.2, -0.15) is 5.10 Å². The summed E-state index contributed by atoms with van der Waals surface area (Å²) in [6.45, 7) is 1.88. The van der Waals surface area contributed by atoms with E-state index in [2.05, 4.69) is 61.9 Å². The molecule has 5 heterocycles. The average molecular weight is 381 g/mol. The van der Waals surface area contributed by atoms with E-state index >= 15 is 0 Å². The molecule has 0 fully saturated rings. The number of aromatic amines is 2. The molecule has 0 atom stereocenters. The summed E-state index contributed by atoms with van der Waals surface area (Å²) in [5.41, 5.74) is 8.43. The number of H-pyrrole nitrogens is 2. The second-order valence-electron chi connectivity index (χ2n) is 7.33. The summed E-state index contributed by atoms with van der Waals surface area (Å²) in [5.74, 6) is 0. The molecule has 1 aliphatic heterocycles. The first kappa shape index (κ1) is 16.3. The van der Waals surface area contributed by atoms with Crippen molar-refractivity contribution in [2.24, 2.45) is 0 Å². The number of pyridine rings is 1. The number of hydrogen-bond acceptors (Lipinski definition) is 4. The Balaban J connectivity index is 1.50. The summed E-state index contributed by atoms with van der Waals surface area (Å²) in [4.78, 5) is 8.17. The first-order valence-corrected chi connectivity index (χ1v) is 9.76. The fourth-order valence-electron chi connectivity index (χ4n) is 4.11. The molecule has 29 heavy (non-hydrogen) atoms. The van der Waals surface area contributed by atoms with Gasteiger partial charge in [-0.1, -0.05) is 18.2 Å². The second-order valence-corrected chi connectivity index (χ2v) is 7.33. The second kappa shape index (κ2) is 6.46. The SMILES string of the molecule is C1=C(c2cc3c(-c4cc5c(-c6ccoc6)cccc5[nH]4)n[nH]c3cn2)CCNC1. The summed E-state index contributed by atoms with van der Waals surface area (Å²) < 4.78 is 5.28. The summed E-state index contributed by atoms with van der Waals surface area (Å²) in [6, 6.07) is 12.5. The molecular weight excluding hydrogens is 362 g/mol. The van der Waals surface area contributed by atoms with Gasteiger partial charge >= 0.3 is 0 Å². The summed E-state index contributed by atoms with van der Waals surface area (Å²) in [5, 5.41) is 13.3. The van der Waals surface area contributed by atoms with E-state index in [0.29, 0.717) is 0 Å². The van der Waals surface area contributed by atoms with Crippen LogP contribution in [0.2, 0.25) is 0 Å². The molecule has 0 bridgehead atoms. The highest BCUT2D eigenvalue weighted by Crippen LogP contribution is 2.34. The molecule has 6 heteroatoms. The Kier molecular flexibility index (Phi) is 3.64. The standard InChI is InChI=1S/C23H19N5O/c1-2-16(15-6-9-29-13-15)17-10-21(26-19(17)3-1)23-18-11-20(14-4-7-24-8-5-14)25-12-22(18)27-28-23/h1-4,6,9-13,24,26H,5,7-8H2,(H,27,28). The molecule has 6 nitrogen and oxygen atoms in total. The van der Waals surface area contributed by atoms with Crippen molar-refractivity contribution < 1.29 is 4.42 Å². The Hall–Kier alpha value is -3.64. The number of benzene rings is 1. The molecule has 142 valence electrons. The van der Waals surface area contributed by atoms with Crippen LogP contribution in [0.1, 0.15) is 12.1 Å². The number of rotatable bonds is 3. The molecule has 0 spiro atoms. The molecule has 1 aliphatic rings. The van der Waals surface area contributed by atoms with Crippen molar-refractivity contribution in [1.29, 1.82) is 0 Å². The van der Waals surface area contributed by atoms with E-state index in [0.717, 1.165) is 69.5 Å². The van der Waals surface area contributed by atoms with Crippen LogP contribution in [0.4, 0.5) is 0 Å². The maximum Gasteiger partial charge on any atom is 0.116 e. The monoisotopic (exact) mass is 381 g/mol. The number of nitrogens with one attached hydrogen (secondary N) is 3. The Bertz CT molecular complexity index is 1360. The van der Waals surface area contributed by atoms with E-state index in [1.807, 2.05) is 12.3 Å². The minimum absolute atomic E-state index is 0.895. The van der Waals surface area contributed by atoms with Crippen molar-refractivity contribution in [2.75, 3.05) is 13.1 Å². The normalized spacial score (nSPS) is 14.6. The minimum Gasteiger partial charge on any atom is -0.472 e. The lowest BCUT2D eigenvalue weighted by Crippen LogP contribution is -2.20. The van der Waals surface area contributed by atoms with Gasteiger partial charge in [-0.05, 0) is 48.4 Å². The van der Waals surface area contributed by atoms with Crippen molar-refractivity contribution in [3.05, 3.63) is 66.9 Å². The van der Waals surface area contributed by atoms with Crippen molar-refractivity contribution in [3.8, 4) is 22.5 Å². The third kappa shape index (κ3) is 2.68. The quantitative estimate of drug-likeness (QED) is 0.421. The Morgan fingerprint density at radius 1 is 1.03 bits per heavy atom. The van der Waals surface area contributed by atoms with E-state index < -0.39 is 0 Å². The zero-order chi connectivity index (χ0) is 19.2. The molecule has 0 aliphatic carbocycles. The van der Waals surface area contributed by atoms with Gasteiger partial charge in [-0.15, -0.1) is 0 Å². The predicted molar refractivity (Wildman–Crippen MR) is 114 cm³/mol. The van der Waals surface area contributed by atoms with Crippen LogP contribution >= 0.6 is 0 Å².